The molecule has 0 fully saturated rings. The van der Waals surface area contributed by atoms with Gasteiger partial charge in [0, 0.05) is 12.1 Å². The van der Waals surface area contributed by atoms with Gasteiger partial charge >= 0.3 is 6.18 Å². The van der Waals surface area contributed by atoms with Crippen molar-refractivity contribution in [2.24, 2.45) is 4.99 Å². The van der Waals surface area contributed by atoms with Crippen LogP contribution in [0.25, 0.3) is 0 Å². The number of benzene rings is 1. The zero-order chi connectivity index (χ0) is 17.6. The molecule has 1 N–H and O–H groups in total. The summed E-state index contributed by atoms with van der Waals surface area (Å²) in [4.78, 5) is 4.44. The van der Waals surface area contributed by atoms with E-state index in [9.17, 15) is 13.2 Å². The molecule has 1 unspecified atom stereocenters. The second-order valence-electron chi connectivity index (χ2n) is 5.25. The lowest BCUT2D eigenvalue weighted by atomic mass is 9.97. The fraction of sp³-hybridized carbons (Fsp3) is 0.588. The van der Waals surface area contributed by atoms with Crippen molar-refractivity contribution in [1.29, 1.82) is 0 Å². The summed E-state index contributed by atoms with van der Waals surface area (Å²) in [6, 6.07) is 3.84. The SMILES string of the molecule is CC.COc1cc(C)cc2c1C(CCCC(F)(F)F)=NC(C)N2. The Bertz CT molecular complexity index is 554. The fourth-order valence-corrected chi connectivity index (χ4v) is 2.53. The number of aliphatic imine (C=N–C) groups is 1. The van der Waals surface area contributed by atoms with Gasteiger partial charge in [0.05, 0.1) is 18.4 Å². The van der Waals surface area contributed by atoms with Crippen molar-refractivity contribution >= 4 is 11.4 Å². The first kappa shape index (κ1) is 19.3. The monoisotopic (exact) mass is 330 g/mol. The van der Waals surface area contributed by atoms with Gasteiger partial charge in [-0.15, -0.1) is 0 Å². The number of fused-ring (bicyclic) bond motifs is 1. The third-order valence-corrected chi connectivity index (χ3v) is 3.34. The number of hydrogen-bond acceptors (Lipinski definition) is 3. The molecule has 1 heterocycles. The molecule has 23 heavy (non-hydrogen) atoms. The maximum absolute atomic E-state index is 12.3. The Hall–Kier alpha value is -1.72. The Labute approximate surface area is 136 Å². The van der Waals surface area contributed by atoms with Crippen molar-refractivity contribution in [2.75, 3.05) is 12.4 Å². The smallest absolute Gasteiger partial charge is 0.389 e. The molecule has 6 heteroatoms. The lowest BCUT2D eigenvalue weighted by Gasteiger charge is -2.25. The van der Waals surface area contributed by atoms with Crippen LogP contribution < -0.4 is 10.1 Å². The first-order valence-electron chi connectivity index (χ1n) is 7.89. The van der Waals surface area contributed by atoms with Crippen molar-refractivity contribution in [1.82, 2.24) is 0 Å². The summed E-state index contributed by atoms with van der Waals surface area (Å²) in [6.45, 7) is 7.83. The highest BCUT2D eigenvalue weighted by Gasteiger charge is 2.28. The lowest BCUT2D eigenvalue weighted by Crippen LogP contribution is -2.24. The number of hydrogen-bond donors (Lipinski definition) is 1. The zero-order valence-corrected chi connectivity index (χ0v) is 14.3. The summed E-state index contributed by atoms with van der Waals surface area (Å²) in [5.74, 6) is 0.648. The average molecular weight is 330 g/mol. The van der Waals surface area contributed by atoms with E-state index in [0.717, 1.165) is 16.8 Å². The first-order chi connectivity index (χ1) is 10.8. The Balaban J connectivity index is 0.00000127. The minimum absolute atomic E-state index is 0.0333. The van der Waals surface area contributed by atoms with Crippen LogP contribution in [0.15, 0.2) is 17.1 Å². The van der Waals surface area contributed by atoms with Gasteiger partial charge in [-0.05, 0) is 44.4 Å². The van der Waals surface area contributed by atoms with Crippen LogP contribution in [-0.4, -0.2) is 25.2 Å². The second-order valence-corrected chi connectivity index (χ2v) is 5.25. The number of aryl methyl sites for hydroxylation is 1. The molecule has 130 valence electrons. The minimum atomic E-state index is -4.13. The maximum Gasteiger partial charge on any atom is 0.389 e. The van der Waals surface area contributed by atoms with E-state index in [2.05, 4.69) is 10.3 Å². The molecule has 1 aliphatic rings. The number of nitrogens with one attached hydrogen (secondary N) is 1. The number of alkyl halides is 3. The lowest BCUT2D eigenvalue weighted by molar-refractivity contribution is -0.135. The van der Waals surface area contributed by atoms with E-state index in [-0.39, 0.29) is 19.0 Å². The Kier molecular flexibility index (Phi) is 6.91. The largest absolute Gasteiger partial charge is 0.496 e. The van der Waals surface area contributed by atoms with Crippen LogP contribution in [0.2, 0.25) is 0 Å². The molecule has 0 radical (unpaired) electrons. The topological polar surface area (TPSA) is 33.6 Å². The van der Waals surface area contributed by atoms with E-state index < -0.39 is 12.6 Å². The highest BCUT2D eigenvalue weighted by molar-refractivity contribution is 6.08. The van der Waals surface area contributed by atoms with E-state index in [1.54, 1.807) is 7.11 Å². The molecule has 0 aromatic heterocycles. The van der Waals surface area contributed by atoms with Gasteiger partial charge in [0.2, 0.25) is 0 Å². The van der Waals surface area contributed by atoms with Crippen LogP contribution in [0.5, 0.6) is 5.75 Å². The van der Waals surface area contributed by atoms with Crippen LogP contribution in [0, 0.1) is 6.92 Å². The van der Waals surface area contributed by atoms with Gasteiger partial charge in [0.15, 0.2) is 0 Å². The molecule has 0 amide bonds. The normalized spacial score (nSPS) is 16.5. The van der Waals surface area contributed by atoms with Crippen LogP contribution in [0.3, 0.4) is 0 Å². The summed E-state index contributed by atoms with van der Waals surface area (Å²) in [5.41, 5.74) is 3.36. The number of methoxy groups -OCH3 is 1. The molecule has 3 nitrogen and oxygen atoms in total. The number of halogens is 3. The van der Waals surface area contributed by atoms with Gasteiger partial charge in [-0.3, -0.25) is 4.99 Å². The molecule has 1 aliphatic heterocycles. The number of anilines is 1. The number of nitrogens with zero attached hydrogens (tertiary/aromatic N) is 1. The second kappa shape index (κ2) is 8.22. The summed E-state index contributed by atoms with van der Waals surface area (Å²) in [5, 5.41) is 3.22. The summed E-state index contributed by atoms with van der Waals surface area (Å²) in [6.07, 6.45) is -4.75. The van der Waals surface area contributed by atoms with Gasteiger partial charge in [-0.1, -0.05) is 13.8 Å². The van der Waals surface area contributed by atoms with Gasteiger partial charge in [-0.25, -0.2) is 0 Å². The highest BCUT2D eigenvalue weighted by Crippen LogP contribution is 2.34. The molecular weight excluding hydrogens is 305 g/mol. The van der Waals surface area contributed by atoms with Crippen molar-refractivity contribution < 1.29 is 17.9 Å². The van der Waals surface area contributed by atoms with Gasteiger partial charge in [0.1, 0.15) is 11.9 Å². The zero-order valence-electron chi connectivity index (χ0n) is 14.3. The Morgan fingerprint density at radius 3 is 2.48 bits per heavy atom. The van der Waals surface area contributed by atoms with Gasteiger partial charge in [0.25, 0.3) is 0 Å². The van der Waals surface area contributed by atoms with E-state index in [4.69, 9.17) is 4.74 Å². The Morgan fingerprint density at radius 2 is 1.91 bits per heavy atom. The minimum Gasteiger partial charge on any atom is -0.496 e. The van der Waals surface area contributed by atoms with E-state index >= 15 is 0 Å². The third kappa shape index (κ3) is 5.44. The maximum atomic E-state index is 12.3. The molecule has 0 spiro atoms. The van der Waals surface area contributed by atoms with E-state index in [1.807, 2.05) is 39.8 Å². The van der Waals surface area contributed by atoms with Crippen molar-refractivity contribution in [3.8, 4) is 5.75 Å². The van der Waals surface area contributed by atoms with Crippen molar-refractivity contribution in [3.05, 3.63) is 23.3 Å². The Morgan fingerprint density at radius 1 is 1.26 bits per heavy atom. The fourth-order valence-electron chi connectivity index (χ4n) is 2.53. The predicted octanol–water partition coefficient (Wildman–Crippen LogP) is 5.32. The average Bonchev–Trinajstić information content (AvgIpc) is 2.46. The van der Waals surface area contributed by atoms with Crippen LogP contribution >= 0.6 is 0 Å². The molecular formula is C17H25F3N2O. The molecule has 0 aliphatic carbocycles. The first-order valence-corrected chi connectivity index (χ1v) is 7.89. The third-order valence-electron chi connectivity index (χ3n) is 3.34. The summed E-state index contributed by atoms with van der Waals surface area (Å²) < 4.78 is 42.3. The van der Waals surface area contributed by atoms with Crippen LogP contribution in [0.4, 0.5) is 18.9 Å². The predicted molar refractivity (Wildman–Crippen MR) is 88.6 cm³/mol. The van der Waals surface area contributed by atoms with E-state index in [1.165, 1.54) is 0 Å². The van der Waals surface area contributed by atoms with Crippen molar-refractivity contribution in [2.45, 2.75) is 59.3 Å². The molecule has 1 atom stereocenters. The molecule has 0 saturated carbocycles. The molecule has 1 aromatic carbocycles. The van der Waals surface area contributed by atoms with E-state index in [0.29, 0.717) is 11.5 Å². The quantitative estimate of drug-likeness (QED) is 0.810. The highest BCUT2D eigenvalue weighted by atomic mass is 19.4. The molecule has 2 rings (SSSR count). The van der Waals surface area contributed by atoms with Gasteiger partial charge < -0.3 is 10.1 Å². The van der Waals surface area contributed by atoms with Gasteiger partial charge in [-0.2, -0.15) is 13.2 Å². The van der Waals surface area contributed by atoms with Crippen LogP contribution in [-0.2, 0) is 0 Å². The molecule has 0 saturated heterocycles. The number of rotatable bonds is 4. The van der Waals surface area contributed by atoms with Crippen molar-refractivity contribution in [3.63, 3.8) is 0 Å². The summed E-state index contributed by atoms with van der Waals surface area (Å²) >= 11 is 0. The molecule has 1 aromatic rings. The number of ether oxygens (including phenoxy) is 1. The summed E-state index contributed by atoms with van der Waals surface area (Å²) in [7, 11) is 1.56. The molecule has 0 bridgehead atoms. The standard InChI is InChI=1S/C15H19F3N2O.C2H6/c1-9-7-12-14(13(8-9)21-3)11(19-10(2)20-12)5-4-6-15(16,17)18;1-2/h7-8,10,20H,4-6H2,1-3H3;1-2H3. The van der Waals surface area contributed by atoms with Crippen LogP contribution in [0.1, 0.15) is 51.2 Å².